The van der Waals surface area contributed by atoms with E-state index in [0.29, 0.717) is 42.1 Å². The summed E-state index contributed by atoms with van der Waals surface area (Å²) >= 11 is 0. The highest BCUT2D eigenvalue weighted by Gasteiger charge is 2.37. The molecule has 4 heterocycles. The molecule has 9 nitrogen and oxygen atoms in total. The van der Waals surface area contributed by atoms with Gasteiger partial charge < -0.3 is 30.0 Å². The minimum Gasteiger partial charge on any atom is -0.506 e. The number of esters is 1. The van der Waals surface area contributed by atoms with Crippen LogP contribution in [0.3, 0.4) is 0 Å². The molecule has 0 spiro atoms. The molecule has 0 radical (unpaired) electrons. The zero-order valence-electron chi connectivity index (χ0n) is 28.0. The maximum absolute atomic E-state index is 13.3. The number of pyridine rings is 1. The summed E-state index contributed by atoms with van der Waals surface area (Å²) in [5, 5.41) is 24.9. The zero-order chi connectivity index (χ0) is 34.5. The molecule has 0 saturated carbocycles. The Morgan fingerprint density at radius 1 is 0.900 bits per heavy atom. The van der Waals surface area contributed by atoms with Gasteiger partial charge in [-0.15, -0.1) is 0 Å². The molecule has 3 aliphatic rings. The Labute approximate surface area is 291 Å². The van der Waals surface area contributed by atoms with Gasteiger partial charge in [0.15, 0.2) is 0 Å². The van der Waals surface area contributed by atoms with Crippen molar-refractivity contribution in [1.82, 2.24) is 15.2 Å². The lowest BCUT2D eigenvalue weighted by Crippen LogP contribution is -2.52. The highest BCUT2D eigenvalue weighted by Crippen LogP contribution is 2.34. The summed E-state index contributed by atoms with van der Waals surface area (Å²) in [7, 11) is 0. The van der Waals surface area contributed by atoms with Gasteiger partial charge in [0.25, 0.3) is 0 Å². The molecule has 0 unspecified atom stereocenters. The molecule has 3 aliphatic heterocycles. The number of H-pyrrole nitrogens is 1. The molecule has 8 rings (SSSR count). The fourth-order valence-electron chi connectivity index (χ4n) is 7.30. The molecule has 9 heteroatoms. The summed E-state index contributed by atoms with van der Waals surface area (Å²) < 4.78 is 12.3. The molecule has 4 N–H and O–H groups in total. The van der Waals surface area contributed by atoms with E-state index in [1.54, 1.807) is 12.1 Å². The maximum Gasteiger partial charge on any atom is 0.307 e. The number of aliphatic hydroxyl groups is 1. The van der Waals surface area contributed by atoms with Crippen molar-refractivity contribution in [3.63, 3.8) is 0 Å². The van der Waals surface area contributed by atoms with Gasteiger partial charge in [-0.3, -0.25) is 14.5 Å². The topological polar surface area (TPSA) is 124 Å². The highest BCUT2D eigenvalue weighted by atomic mass is 16.5. The number of aromatic nitrogens is 1. The van der Waals surface area contributed by atoms with E-state index in [1.807, 2.05) is 60.7 Å². The van der Waals surface area contributed by atoms with E-state index < -0.39 is 6.10 Å². The number of aromatic hydroxyl groups is 1. The molecule has 1 aromatic heterocycles. The average molecular weight is 674 g/mol. The van der Waals surface area contributed by atoms with E-state index in [0.717, 1.165) is 60.5 Å². The summed E-state index contributed by atoms with van der Waals surface area (Å²) in [5.74, 6) is 0.877. The van der Waals surface area contributed by atoms with Crippen molar-refractivity contribution in [1.29, 1.82) is 0 Å². The Kier molecular flexibility index (Phi) is 10.3. The fourth-order valence-corrected chi connectivity index (χ4v) is 7.30. The number of aromatic amines is 1. The average Bonchev–Trinajstić information content (AvgIpc) is 3.15. The summed E-state index contributed by atoms with van der Waals surface area (Å²) in [5.41, 5.74) is 4.77. The standard InChI is InChI=1S/C41H43N3O6/c45-36-15-13-33(34-14-16-39(47)43-41(34)36)37(46)24-42-23-27-9-11-28(12-10-27)26-49-32-8-4-7-31(21-32)35(29-5-2-1-3-6-29)22-40(48)50-38-25-44-19-17-30(38)18-20-44/h1-16,21,30,35,37-38,42,45-46H,17-20,22-26H2,(H,43,47)/t35-,37-,38-/m0/s1. The molecule has 3 atom stereocenters. The number of carbonyl (C=O) groups is 1. The number of phenolic OH excluding ortho intramolecular Hbond substituents is 1. The molecule has 50 heavy (non-hydrogen) atoms. The third-order valence-corrected chi connectivity index (χ3v) is 10.1. The first-order valence-electron chi connectivity index (χ1n) is 17.4. The van der Waals surface area contributed by atoms with E-state index in [1.165, 1.54) is 12.1 Å². The lowest BCUT2D eigenvalue weighted by molar-refractivity contribution is -0.159. The first-order valence-corrected chi connectivity index (χ1v) is 17.4. The summed E-state index contributed by atoms with van der Waals surface area (Å²) in [6, 6.07) is 32.4. The Balaban J connectivity index is 0.939. The van der Waals surface area contributed by atoms with Gasteiger partial charge >= 0.3 is 5.97 Å². The largest absolute Gasteiger partial charge is 0.506 e. The number of ether oxygens (including phenoxy) is 2. The van der Waals surface area contributed by atoms with Gasteiger partial charge in [-0.25, -0.2) is 0 Å². The van der Waals surface area contributed by atoms with E-state index in [9.17, 15) is 19.8 Å². The van der Waals surface area contributed by atoms with Crippen molar-refractivity contribution >= 4 is 16.9 Å². The summed E-state index contributed by atoms with van der Waals surface area (Å²) in [6.45, 7) is 4.30. The van der Waals surface area contributed by atoms with Crippen LogP contribution in [0.2, 0.25) is 0 Å². The van der Waals surface area contributed by atoms with E-state index >= 15 is 0 Å². The number of nitrogens with one attached hydrogen (secondary N) is 2. The lowest BCUT2D eigenvalue weighted by atomic mass is 9.85. The number of piperidine rings is 3. The molecule has 0 aliphatic carbocycles. The smallest absolute Gasteiger partial charge is 0.307 e. The van der Waals surface area contributed by atoms with Crippen molar-refractivity contribution in [2.75, 3.05) is 26.2 Å². The van der Waals surface area contributed by atoms with Crippen molar-refractivity contribution in [2.45, 2.75) is 50.5 Å². The molecule has 2 bridgehead atoms. The Bertz CT molecular complexity index is 1970. The molecule has 3 fully saturated rings. The highest BCUT2D eigenvalue weighted by molar-refractivity contribution is 5.87. The third-order valence-electron chi connectivity index (χ3n) is 10.1. The zero-order valence-corrected chi connectivity index (χ0v) is 28.0. The monoisotopic (exact) mass is 673 g/mol. The van der Waals surface area contributed by atoms with Crippen LogP contribution in [0.4, 0.5) is 0 Å². The Morgan fingerprint density at radius 2 is 1.66 bits per heavy atom. The lowest BCUT2D eigenvalue weighted by Gasteiger charge is -2.44. The number of aliphatic hydroxyl groups excluding tert-OH is 1. The van der Waals surface area contributed by atoms with Crippen molar-refractivity contribution in [3.8, 4) is 11.5 Å². The van der Waals surface area contributed by atoms with Crippen molar-refractivity contribution in [3.05, 3.63) is 141 Å². The van der Waals surface area contributed by atoms with Gasteiger partial charge in [0.05, 0.1) is 18.0 Å². The number of hydrogen-bond donors (Lipinski definition) is 4. The second kappa shape index (κ2) is 15.3. The minimum atomic E-state index is -0.829. The van der Waals surface area contributed by atoms with E-state index in [4.69, 9.17) is 9.47 Å². The number of rotatable bonds is 13. The molecule has 3 saturated heterocycles. The second-order valence-electron chi connectivity index (χ2n) is 13.4. The minimum absolute atomic E-state index is 0.00922. The number of phenols is 1. The van der Waals surface area contributed by atoms with Crippen LogP contribution < -0.4 is 15.6 Å². The first kappa shape index (κ1) is 33.5. The number of nitrogens with zero attached hydrogens (tertiary/aromatic N) is 1. The normalized spacial score (nSPS) is 19.6. The Hall–Kier alpha value is -4.96. The van der Waals surface area contributed by atoms with Crippen LogP contribution in [-0.4, -0.2) is 58.3 Å². The summed E-state index contributed by atoms with van der Waals surface area (Å²) in [6.07, 6.45) is 1.65. The SMILES string of the molecule is O=C(C[C@@H](c1ccccc1)c1cccc(OCc2ccc(CNC[C@H](O)c3ccc(O)c4[nH]c(=O)ccc34)cc2)c1)O[C@H]1CN2CCC1CC2. The van der Waals surface area contributed by atoms with Gasteiger partial charge in [-0.05, 0) is 83.9 Å². The predicted octanol–water partition coefficient (Wildman–Crippen LogP) is 5.80. The second-order valence-corrected chi connectivity index (χ2v) is 13.4. The van der Waals surface area contributed by atoms with Gasteiger partial charge in [-0.2, -0.15) is 0 Å². The molecule has 258 valence electrons. The van der Waals surface area contributed by atoms with Gasteiger partial charge in [0, 0.05) is 37.0 Å². The van der Waals surface area contributed by atoms with Gasteiger partial charge in [0.2, 0.25) is 5.56 Å². The van der Waals surface area contributed by atoms with Crippen molar-refractivity contribution < 1.29 is 24.5 Å². The number of carbonyl (C=O) groups excluding carboxylic acids is 1. The fraction of sp³-hybridized carbons (Fsp3) is 0.317. The first-order chi connectivity index (χ1) is 24.4. The van der Waals surface area contributed by atoms with Crippen LogP contribution in [-0.2, 0) is 22.7 Å². The molecule has 5 aromatic rings. The summed E-state index contributed by atoms with van der Waals surface area (Å²) in [4.78, 5) is 30.0. The number of fused-ring (bicyclic) bond motifs is 4. The van der Waals surface area contributed by atoms with Crippen LogP contribution in [0.15, 0.2) is 108 Å². The number of benzene rings is 4. The quantitative estimate of drug-likeness (QED) is 0.116. The van der Waals surface area contributed by atoms with Crippen molar-refractivity contribution in [2.24, 2.45) is 5.92 Å². The van der Waals surface area contributed by atoms with E-state index in [-0.39, 0.29) is 35.7 Å². The van der Waals surface area contributed by atoms with Crippen LogP contribution in [0.25, 0.3) is 10.9 Å². The Morgan fingerprint density at radius 3 is 2.42 bits per heavy atom. The van der Waals surface area contributed by atoms with Gasteiger partial charge in [-0.1, -0.05) is 72.8 Å². The molecular formula is C41H43N3O6. The molecular weight excluding hydrogens is 630 g/mol. The van der Waals surface area contributed by atoms with E-state index in [2.05, 4.69) is 33.4 Å². The molecule has 4 aromatic carbocycles. The maximum atomic E-state index is 13.3. The van der Waals surface area contributed by atoms with Crippen LogP contribution >= 0.6 is 0 Å². The van der Waals surface area contributed by atoms with Crippen LogP contribution in [0, 0.1) is 5.92 Å². The third kappa shape index (κ3) is 7.91. The van der Waals surface area contributed by atoms with Crippen LogP contribution in [0.1, 0.15) is 59.1 Å². The number of hydrogen-bond acceptors (Lipinski definition) is 8. The van der Waals surface area contributed by atoms with Gasteiger partial charge in [0.1, 0.15) is 24.2 Å². The van der Waals surface area contributed by atoms with Crippen LogP contribution in [0.5, 0.6) is 11.5 Å². The molecule has 0 amide bonds. The predicted molar refractivity (Wildman–Crippen MR) is 192 cm³/mol.